The first-order valence-electron chi connectivity index (χ1n) is 7.83. The molecule has 1 heterocycles. The number of carbonyl (C=O) groups is 1. The highest BCUT2D eigenvalue weighted by Gasteiger charge is 2.69. The highest BCUT2D eigenvalue weighted by molar-refractivity contribution is 5.72. The summed E-state index contributed by atoms with van der Waals surface area (Å²) >= 11 is 0. The topological polar surface area (TPSA) is 26.3 Å². The SMILES string of the molecule is CC1C[C@H]2CC1C1C2C2CC1C1(COC(=O)C1)C2. The Kier molecular flexibility index (Phi) is 1.69. The van der Waals surface area contributed by atoms with Crippen molar-refractivity contribution >= 4 is 5.97 Å². The molecule has 0 aromatic heterocycles. The van der Waals surface area contributed by atoms with E-state index >= 15 is 0 Å². The van der Waals surface area contributed by atoms with Crippen molar-refractivity contribution in [2.45, 2.75) is 39.0 Å². The van der Waals surface area contributed by atoms with Gasteiger partial charge < -0.3 is 4.74 Å². The lowest BCUT2D eigenvalue weighted by Gasteiger charge is -2.44. The van der Waals surface area contributed by atoms with Gasteiger partial charge in [-0.1, -0.05) is 6.92 Å². The van der Waals surface area contributed by atoms with Crippen molar-refractivity contribution in [3.05, 3.63) is 0 Å². The van der Waals surface area contributed by atoms with E-state index in [1.807, 2.05) is 0 Å². The summed E-state index contributed by atoms with van der Waals surface area (Å²) in [6.45, 7) is 3.22. The van der Waals surface area contributed by atoms with Gasteiger partial charge in [0.1, 0.15) is 0 Å². The van der Waals surface area contributed by atoms with Crippen LogP contribution in [0.25, 0.3) is 0 Å². The zero-order chi connectivity index (χ0) is 12.1. The lowest BCUT2D eigenvalue weighted by Crippen LogP contribution is -2.41. The number of carbonyl (C=O) groups excluding carboxylic acids is 1. The molecule has 4 bridgehead atoms. The van der Waals surface area contributed by atoms with Crippen LogP contribution < -0.4 is 0 Å². The molecule has 5 rings (SSSR count). The van der Waals surface area contributed by atoms with E-state index in [1.165, 1.54) is 25.7 Å². The monoisotopic (exact) mass is 246 g/mol. The predicted molar refractivity (Wildman–Crippen MR) is 66.6 cm³/mol. The van der Waals surface area contributed by atoms with E-state index in [4.69, 9.17) is 4.74 Å². The van der Waals surface area contributed by atoms with Crippen LogP contribution in [0.15, 0.2) is 0 Å². The molecule has 2 nitrogen and oxygen atoms in total. The molecule has 4 saturated carbocycles. The van der Waals surface area contributed by atoms with Gasteiger partial charge in [0.25, 0.3) is 0 Å². The maximum Gasteiger partial charge on any atom is 0.306 e. The summed E-state index contributed by atoms with van der Waals surface area (Å²) in [5.74, 6) is 6.84. The third-order valence-corrected chi connectivity index (χ3v) is 7.50. The molecule has 18 heavy (non-hydrogen) atoms. The molecule has 0 aromatic carbocycles. The van der Waals surface area contributed by atoms with Gasteiger partial charge in [0.2, 0.25) is 0 Å². The van der Waals surface area contributed by atoms with Crippen molar-refractivity contribution in [1.29, 1.82) is 0 Å². The van der Waals surface area contributed by atoms with E-state index in [-0.39, 0.29) is 11.4 Å². The van der Waals surface area contributed by atoms with Gasteiger partial charge in [0.15, 0.2) is 0 Å². The van der Waals surface area contributed by atoms with Gasteiger partial charge in [-0.2, -0.15) is 0 Å². The third kappa shape index (κ3) is 0.981. The van der Waals surface area contributed by atoms with Crippen LogP contribution in [0.4, 0.5) is 0 Å². The van der Waals surface area contributed by atoms with Crippen LogP contribution in [0.3, 0.4) is 0 Å². The molecule has 0 radical (unpaired) electrons. The number of rotatable bonds is 0. The minimum absolute atomic E-state index is 0.0790. The van der Waals surface area contributed by atoms with Crippen LogP contribution in [-0.2, 0) is 9.53 Å². The van der Waals surface area contributed by atoms with Gasteiger partial charge in [-0.15, -0.1) is 0 Å². The third-order valence-electron chi connectivity index (χ3n) is 7.50. The Hall–Kier alpha value is -0.530. The molecule has 0 aromatic rings. The van der Waals surface area contributed by atoms with Crippen LogP contribution in [-0.4, -0.2) is 12.6 Å². The maximum atomic E-state index is 11.6. The van der Waals surface area contributed by atoms with Gasteiger partial charge >= 0.3 is 5.97 Å². The number of fused-ring (bicyclic) bond motifs is 10. The standard InChI is InChI=1S/C16H22O2/c1-8-2-9-3-11(8)15-12-4-10(14(9)15)5-16(12)6-13(17)18-7-16/h8-12,14-15H,2-7H2,1H3/t8?,9-,10?,11?,12?,14?,15?,16?/m0/s1. The Morgan fingerprint density at radius 1 is 1.17 bits per heavy atom. The second-order valence-electron chi connectivity index (χ2n) is 8.03. The van der Waals surface area contributed by atoms with Gasteiger partial charge in [-0.05, 0) is 67.1 Å². The summed E-state index contributed by atoms with van der Waals surface area (Å²) in [5, 5.41) is 0. The molecule has 1 aliphatic heterocycles. The van der Waals surface area contributed by atoms with Crippen molar-refractivity contribution in [2.24, 2.45) is 46.8 Å². The second-order valence-corrected chi connectivity index (χ2v) is 8.03. The first kappa shape index (κ1) is 10.3. The normalized spacial score (nSPS) is 63.8. The Balaban J connectivity index is 1.53. The number of esters is 1. The maximum absolute atomic E-state index is 11.6. The Morgan fingerprint density at radius 3 is 2.83 bits per heavy atom. The second kappa shape index (κ2) is 2.96. The fourth-order valence-electron chi connectivity index (χ4n) is 7.22. The average Bonchev–Trinajstić information content (AvgIpc) is 3.04. The smallest absolute Gasteiger partial charge is 0.306 e. The molecule has 2 heteroatoms. The molecule has 98 valence electrons. The Labute approximate surface area is 108 Å². The summed E-state index contributed by atoms with van der Waals surface area (Å²) in [5.41, 5.74) is 0.285. The van der Waals surface area contributed by atoms with Crippen LogP contribution in [0, 0.1) is 46.8 Å². The zero-order valence-electron chi connectivity index (χ0n) is 11.1. The van der Waals surface area contributed by atoms with Crippen molar-refractivity contribution in [3.63, 3.8) is 0 Å². The largest absolute Gasteiger partial charge is 0.465 e. The van der Waals surface area contributed by atoms with E-state index in [2.05, 4.69) is 6.92 Å². The van der Waals surface area contributed by atoms with Crippen LogP contribution in [0.1, 0.15) is 39.0 Å². The molecular formula is C16H22O2. The fraction of sp³-hybridized carbons (Fsp3) is 0.938. The summed E-state index contributed by atoms with van der Waals surface area (Å²) in [4.78, 5) is 11.6. The zero-order valence-corrected chi connectivity index (χ0v) is 11.1. The summed E-state index contributed by atoms with van der Waals surface area (Å²) < 4.78 is 5.36. The van der Waals surface area contributed by atoms with Crippen LogP contribution >= 0.6 is 0 Å². The van der Waals surface area contributed by atoms with Crippen molar-refractivity contribution in [3.8, 4) is 0 Å². The van der Waals surface area contributed by atoms with Gasteiger partial charge in [0.05, 0.1) is 13.0 Å². The predicted octanol–water partition coefficient (Wildman–Crippen LogP) is 2.87. The van der Waals surface area contributed by atoms with E-state index in [0.29, 0.717) is 0 Å². The summed E-state index contributed by atoms with van der Waals surface area (Å²) in [7, 11) is 0. The van der Waals surface area contributed by atoms with Gasteiger partial charge in [0, 0.05) is 5.41 Å². The van der Waals surface area contributed by atoms with Gasteiger partial charge in [-0.3, -0.25) is 4.79 Å². The molecule has 1 saturated heterocycles. The van der Waals surface area contributed by atoms with Crippen molar-refractivity contribution in [1.82, 2.24) is 0 Å². The van der Waals surface area contributed by atoms with E-state index in [1.54, 1.807) is 0 Å². The van der Waals surface area contributed by atoms with Gasteiger partial charge in [-0.25, -0.2) is 0 Å². The molecule has 5 fully saturated rings. The Morgan fingerprint density at radius 2 is 2.06 bits per heavy atom. The summed E-state index contributed by atoms with van der Waals surface area (Å²) in [6, 6.07) is 0. The van der Waals surface area contributed by atoms with Crippen molar-refractivity contribution in [2.75, 3.05) is 6.61 Å². The fourth-order valence-corrected chi connectivity index (χ4v) is 7.22. The Bertz CT molecular complexity index is 431. The molecule has 0 N–H and O–H groups in total. The van der Waals surface area contributed by atoms with E-state index in [9.17, 15) is 4.79 Å². The molecule has 7 unspecified atom stereocenters. The highest BCUT2D eigenvalue weighted by Crippen LogP contribution is 2.74. The molecular weight excluding hydrogens is 224 g/mol. The average molecular weight is 246 g/mol. The molecule has 1 spiro atoms. The minimum atomic E-state index is 0.0790. The lowest BCUT2D eigenvalue weighted by molar-refractivity contribution is -0.137. The number of cyclic esters (lactones) is 1. The first-order valence-corrected chi connectivity index (χ1v) is 7.83. The first-order chi connectivity index (χ1) is 8.68. The number of ether oxygens (including phenoxy) is 1. The number of hydrogen-bond acceptors (Lipinski definition) is 2. The van der Waals surface area contributed by atoms with Crippen LogP contribution in [0.5, 0.6) is 0 Å². The summed E-state index contributed by atoms with van der Waals surface area (Å²) in [6.07, 6.45) is 6.48. The molecule has 8 atom stereocenters. The van der Waals surface area contributed by atoms with E-state index in [0.717, 1.165) is 54.5 Å². The van der Waals surface area contributed by atoms with Crippen LogP contribution in [0.2, 0.25) is 0 Å². The molecule has 5 aliphatic rings. The lowest BCUT2D eigenvalue weighted by atomic mass is 9.59. The number of hydrogen-bond donors (Lipinski definition) is 0. The highest BCUT2D eigenvalue weighted by atomic mass is 16.5. The van der Waals surface area contributed by atoms with Crippen molar-refractivity contribution < 1.29 is 9.53 Å². The quantitative estimate of drug-likeness (QED) is 0.485. The van der Waals surface area contributed by atoms with E-state index < -0.39 is 0 Å². The minimum Gasteiger partial charge on any atom is -0.465 e. The molecule has 4 aliphatic carbocycles. The molecule has 0 amide bonds.